The molecule has 8 heteroatoms. The molecule has 0 aromatic carbocycles. The van der Waals surface area contributed by atoms with Crippen LogP contribution < -0.4 is 0 Å². The quantitative estimate of drug-likeness (QED) is 0.751. The van der Waals surface area contributed by atoms with E-state index in [-0.39, 0.29) is 30.5 Å². The molecule has 19 heavy (non-hydrogen) atoms. The molecule has 4 nitrogen and oxygen atoms in total. The Morgan fingerprint density at radius 3 is 2.68 bits per heavy atom. The predicted octanol–water partition coefficient (Wildman–Crippen LogP) is 1.89. The van der Waals surface area contributed by atoms with E-state index in [4.69, 9.17) is 9.47 Å². The molecule has 0 spiro atoms. The Hall–Kier alpha value is -0.470. The van der Waals surface area contributed by atoms with Crippen LogP contribution in [-0.2, 0) is 14.3 Å². The third kappa shape index (κ3) is 5.58. The van der Waals surface area contributed by atoms with Gasteiger partial charge in [-0.3, -0.25) is 4.79 Å². The summed E-state index contributed by atoms with van der Waals surface area (Å²) in [5, 5.41) is 0. The molecule has 0 radical (unpaired) electrons. The van der Waals surface area contributed by atoms with Gasteiger partial charge >= 0.3 is 5.51 Å². The lowest BCUT2D eigenvalue weighted by Gasteiger charge is -2.30. The first-order valence-corrected chi connectivity index (χ1v) is 6.94. The molecule has 0 aromatic rings. The smallest absolute Gasteiger partial charge is 0.383 e. The molecule has 0 saturated carbocycles. The molecular formula is C11H18F3NO3S. The number of hydrogen-bond donors (Lipinski definition) is 0. The van der Waals surface area contributed by atoms with Crippen molar-refractivity contribution in [2.45, 2.75) is 31.0 Å². The molecule has 112 valence electrons. The van der Waals surface area contributed by atoms with Crippen LogP contribution in [-0.4, -0.2) is 61.1 Å². The monoisotopic (exact) mass is 301 g/mol. The number of carbonyl (C=O) groups excluding carboxylic acids is 1. The average Bonchev–Trinajstić information content (AvgIpc) is 2.73. The van der Waals surface area contributed by atoms with Crippen LogP contribution in [0.1, 0.15) is 13.3 Å². The zero-order valence-corrected chi connectivity index (χ0v) is 11.7. The van der Waals surface area contributed by atoms with Crippen molar-refractivity contribution in [1.82, 2.24) is 4.90 Å². The lowest BCUT2D eigenvalue weighted by molar-refractivity contribution is -0.132. The average molecular weight is 301 g/mol. The molecule has 1 amide bonds. The van der Waals surface area contributed by atoms with Crippen molar-refractivity contribution in [1.29, 1.82) is 0 Å². The maximum Gasteiger partial charge on any atom is 0.442 e. The molecule has 1 fully saturated rings. The third-order valence-corrected chi connectivity index (χ3v) is 3.67. The second kappa shape index (κ2) is 7.35. The van der Waals surface area contributed by atoms with Crippen molar-refractivity contribution in [3.8, 4) is 0 Å². The first-order valence-electron chi connectivity index (χ1n) is 5.96. The van der Waals surface area contributed by atoms with Gasteiger partial charge in [0.2, 0.25) is 5.91 Å². The topological polar surface area (TPSA) is 38.8 Å². The molecule has 0 bridgehead atoms. The number of rotatable bonds is 6. The Labute approximate surface area is 114 Å². The fraction of sp³-hybridized carbons (Fsp3) is 0.909. The summed E-state index contributed by atoms with van der Waals surface area (Å²) in [6.45, 7) is 2.93. The minimum Gasteiger partial charge on any atom is -0.383 e. The SMILES string of the molecule is COCCN(C(=O)CSC(F)(F)F)[C@@H]1CCO[C@@H]1C. The van der Waals surface area contributed by atoms with Crippen molar-refractivity contribution in [2.75, 3.05) is 32.6 Å². The summed E-state index contributed by atoms with van der Waals surface area (Å²) in [6.07, 6.45) is 0.490. The number of nitrogens with zero attached hydrogens (tertiary/aromatic N) is 1. The van der Waals surface area contributed by atoms with Crippen LogP contribution in [0.3, 0.4) is 0 Å². The van der Waals surface area contributed by atoms with E-state index in [9.17, 15) is 18.0 Å². The number of amides is 1. The van der Waals surface area contributed by atoms with Crippen LogP contribution in [0, 0.1) is 0 Å². The van der Waals surface area contributed by atoms with E-state index < -0.39 is 17.2 Å². The molecule has 1 saturated heterocycles. The van der Waals surface area contributed by atoms with Crippen LogP contribution in [0.4, 0.5) is 13.2 Å². The van der Waals surface area contributed by atoms with Gasteiger partial charge in [0.1, 0.15) is 0 Å². The van der Waals surface area contributed by atoms with Gasteiger partial charge in [-0.2, -0.15) is 13.2 Å². The maximum atomic E-state index is 12.1. The molecule has 0 unspecified atom stereocenters. The molecule has 0 aromatic heterocycles. The summed E-state index contributed by atoms with van der Waals surface area (Å²) in [4.78, 5) is 13.4. The minimum absolute atomic E-state index is 0.156. The van der Waals surface area contributed by atoms with Gasteiger partial charge in [-0.15, -0.1) is 0 Å². The van der Waals surface area contributed by atoms with Gasteiger partial charge in [0.15, 0.2) is 0 Å². The largest absolute Gasteiger partial charge is 0.442 e. The highest BCUT2D eigenvalue weighted by atomic mass is 32.2. The van der Waals surface area contributed by atoms with Crippen molar-refractivity contribution in [3.63, 3.8) is 0 Å². The molecule has 0 N–H and O–H groups in total. The van der Waals surface area contributed by atoms with E-state index in [0.717, 1.165) is 0 Å². The maximum absolute atomic E-state index is 12.1. The van der Waals surface area contributed by atoms with Crippen LogP contribution in [0.15, 0.2) is 0 Å². The highest BCUT2D eigenvalue weighted by Crippen LogP contribution is 2.30. The summed E-state index contributed by atoms with van der Waals surface area (Å²) in [5.74, 6) is -1.13. The van der Waals surface area contributed by atoms with Crippen molar-refractivity contribution in [2.24, 2.45) is 0 Å². The third-order valence-electron chi connectivity index (χ3n) is 2.95. The van der Waals surface area contributed by atoms with E-state index in [1.807, 2.05) is 6.92 Å². The fourth-order valence-electron chi connectivity index (χ4n) is 2.02. The Morgan fingerprint density at radius 2 is 2.21 bits per heavy atom. The fourth-order valence-corrected chi connectivity index (χ4v) is 2.47. The lowest BCUT2D eigenvalue weighted by Crippen LogP contribution is -2.46. The standard InChI is InChI=1S/C11H18F3NO3S/c1-8-9(3-5-18-8)15(4-6-17-2)10(16)7-19-11(12,13)14/h8-9H,3-7H2,1-2H3/t8-,9-/m1/s1. The predicted molar refractivity (Wildman–Crippen MR) is 65.9 cm³/mol. The van der Waals surface area contributed by atoms with Gasteiger partial charge in [0, 0.05) is 20.3 Å². The second-order valence-electron chi connectivity index (χ2n) is 4.25. The number of hydrogen-bond acceptors (Lipinski definition) is 4. The number of methoxy groups -OCH3 is 1. The van der Waals surface area contributed by atoms with Crippen LogP contribution in [0.25, 0.3) is 0 Å². The number of alkyl halides is 3. The van der Waals surface area contributed by atoms with E-state index in [0.29, 0.717) is 19.6 Å². The Bertz CT molecular complexity index is 301. The molecule has 0 aliphatic carbocycles. The van der Waals surface area contributed by atoms with Crippen molar-refractivity contribution in [3.05, 3.63) is 0 Å². The van der Waals surface area contributed by atoms with Crippen molar-refractivity contribution < 1.29 is 27.4 Å². The molecule has 1 aliphatic heterocycles. The summed E-state index contributed by atoms with van der Waals surface area (Å²) >= 11 is -0.309. The normalized spacial score (nSPS) is 23.6. The summed E-state index contributed by atoms with van der Waals surface area (Å²) in [5.41, 5.74) is -4.39. The second-order valence-corrected chi connectivity index (χ2v) is 5.29. The van der Waals surface area contributed by atoms with E-state index in [1.54, 1.807) is 0 Å². The zero-order chi connectivity index (χ0) is 14.5. The minimum atomic E-state index is -4.39. The highest BCUT2D eigenvalue weighted by molar-refractivity contribution is 8.00. The summed E-state index contributed by atoms with van der Waals surface area (Å²) in [6, 6.07) is -0.170. The number of ether oxygens (including phenoxy) is 2. The van der Waals surface area contributed by atoms with Gasteiger partial charge in [-0.1, -0.05) is 0 Å². The molecule has 1 heterocycles. The number of thioether (sulfide) groups is 1. The number of halogens is 3. The molecule has 1 aliphatic rings. The van der Waals surface area contributed by atoms with Gasteiger partial charge in [0.05, 0.1) is 24.5 Å². The van der Waals surface area contributed by atoms with Crippen LogP contribution in [0.5, 0.6) is 0 Å². The van der Waals surface area contributed by atoms with Gasteiger partial charge in [-0.05, 0) is 25.1 Å². The Kier molecular flexibility index (Phi) is 6.41. The van der Waals surface area contributed by atoms with Gasteiger partial charge < -0.3 is 14.4 Å². The van der Waals surface area contributed by atoms with E-state index in [2.05, 4.69) is 0 Å². The van der Waals surface area contributed by atoms with Crippen molar-refractivity contribution >= 4 is 17.7 Å². The Morgan fingerprint density at radius 1 is 1.53 bits per heavy atom. The summed E-state index contributed by atoms with van der Waals surface area (Å²) < 4.78 is 46.6. The van der Waals surface area contributed by atoms with Crippen LogP contribution in [0.2, 0.25) is 0 Å². The lowest BCUT2D eigenvalue weighted by atomic mass is 10.1. The Balaban J connectivity index is 2.59. The zero-order valence-electron chi connectivity index (χ0n) is 10.9. The van der Waals surface area contributed by atoms with Crippen LogP contribution >= 0.6 is 11.8 Å². The molecule has 1 rings (SSSR count). The van der Waals surface area contributed by atoms with Gasteiger partial charge in [-0.25, -0.2) is 0 Å². The first kappa shape index (κ1) is 16.6. The number of carbonyl (C=O) groups is 1. The summed E-state index contributed by atoms with van der Waals surface area (Å²) in [7, 11) is 1.49. The van der Waals surface area contributed by atoms with Gasteiger partial charge in [0.25, 0.3) is 0 Å². The van der Waals surface area contributed by atoms with E-state index in [1.165, 1.54) is 12.0 Å². The highest BCUT2D eigenvalue weighted by Gasteiger charge is 2.35. The molecule has 2 atom stereocenters. The van der Waals surface area contributed by atoms with E-state index >= 15 is 0 Å². The first-order chi connectivity index (χ1) is 8.85. The molecular weight excluding hydrogens is 283 g/mol.